The highest BCUT2D eigenvalue weighted by Crippen LogP contribution is 2.20. The van der Waals surface area contributed by atoms with Crippen LogP contribution < -0.4 is 5.73 Å². The normalized spacial score (nSPS) is 12.9. The first-order chi connectivity index (χ1) is 8.06. The van der Waals surface area contributed by atoms with E-state index in [2.05, 4.69) is 15.1 Å². The highest BCUT2D eigenvalue weighted by molar-refractivity contribution is 5.60. The molecule has 2 rings (SSSR count). The van der Waals surface area contributed by atoms with Crippen molar-refractivity contribution in [2.45, 2.75) is 32.7 Å². The largest absolute Gasteiger partial charge is 0.342 e. The lowest BCUT2D eigenvalue weighted by molar-refractivity contribution is 0.652. The van der Waals surface area contributed by atoms with Gasteiger partial charge in [-0.05, 0) is 20.3 Å². The van der Waals surface area contributed by atoms with E-state index in [0.717, 1.165) is 35.6 Å². The Hall–Kier alpha value is -1.62. The van der Waals surface area contributed by atoms with Crippen molar-refractivity contribution in [3.8, 4) is 11.3 Å². The number of nitrogens with zero attached hydrogens (tertiary/aromatic N) is 3. The number of aromatic nitrogens is 4. The van der Waals surface area contributed by atoms with Crippen molar-refractivity contribution in [1.29, 1.82) is 0 Å². The standard InChI is InChI=1S/C12H19N5/c1-8(13)4-5-12-14-6-11(15-12)10-7-17(3)16-9(10)2/h6-8H,4-5,13H2,1-3H3,(H,14,15). The molecule has 0 aliphatic carbocycles. The van der Waals surface area contributed by atoms with E-state index in [-0.39, 0.29) is 6.04 Å². The number of aromatic amines is 1. The lowest BCUT2D eigenvalue weighted by atomic mass is 10.2. The first-order valence-corrected chi connectivity index (χ1v) is 5.86. The molecule has 0 aromatic carbocycles. The van der Waals surface area contributed by atoms with Crippen LogP contribution in [0, 0.1) is 6.92 Å². The third kappa shape index (κ3) is 2.74. The molecule has 0 amide bonds. The molecular formula is C12H19N5. The summed E-state index contributed by atoms with van der Waals surface area (Å²) in [5.74, 6) is 0.987. The van der Waals surface area contributed by atoms with Gasteiger partial charge in [0, 0.05) is 31.3 Å². The second-order valence-electron chi connectivity index (χ2n) is 4.56. The summed E-state index contributed by atoms with van der Waals surface area (Å²) in [6, 6.07) is 0.212. The minimum atomic E-state index is 0.212. The maximum absolute atomic E-state index is 5.73. The van der Waals surface area contributed by atoms with Crippen molar-refractivity contribution < 1.29 is 0 Å². The molecular weight excluding hydrogens is 214 g/mol. The maximum atomic E-state index is 5.73. The maximum Gasteiger partial charge on any atom is 0.106 e. The number of rotatable bonds is 4. The van der Waals surface area contributed by atoms with Gasteiger partial charge in [-0.3, -0.25) is 4.68 Å². The van der Waals surface area contributed by atoms with Crippen LogP contribution in [0.4, 0.5) is 0 Å². The number of hydrogen-bond donors (Lipinski definition) is 2. The first kappa shape index (κ1) is 11.9. The Morgan fingerprint density at radius 3 is 2.88 bits per heavy atom. The molecule has 0 bridgehead atoms. The predicted molar refractivity (Wildman–Crippen MR) is 67.5 cm³/mol. The minimum Gasteiger partial charge on any atom is -0.342 e. The van der Waals surface area contributed by atoms with Gasteiger partial charge in [-0.2, -0.15) is 5.10 Å². The molecule has 0 aliphatic rings. The fourth-order valence-corrected chi connectivity index (χ4v) is 1.85. The molecule has 0 fully saturated rings. The van der Waals surface area contributed by atoms with Crippen molar-refractivity contribution in [2.75, 3.05) is 0 Å². The van der Waals surface area contributed by atoms with Crippen molar-refractivity contribution in [3.05, 3.63) is 23.9 Å². The zero-order valence-corrected chi connectivity index (χ0v) is 10.6. The summed E-state index contributed by atoms with van der Waals surface area (Å²) in [5.41, 5.74) is 8.87. The van der Waals surface area contributed by atoms with Crippen molar-refractivity contribution >= 4 is 0 Å². The number of aryl methyl sites for hydroxylation is 3. The molecule has 5 nitrogen and oxygen atoms in total. The van der Waals surface area contributed by atoms with Crippen molar-refractivity contribution in [2.24, 2.45) is 12.8 Å². The summed E-state index contributed by atoms with van der Waals surface area (Å²) >= 11 is 0. The summed E-state index contributed by atoms with van der Waals surface area (Å²) in [5, 5.41) is 4.32. The van der Waals surface area contributed by atoms with Crippen LogP contribution in [0.2, 0.25) is 0 Å². The second-order valence-corrected chi connectivity index (χ2v) is 4.56. The Labute approximate surface area is 101 Å². The number of hydrogen-bond acceptors (Lipinski definition) is 3. The molecule has 0 saturated heterocycles. The summed E-state index contributed by atoms with van der Waals surface area (Å²) in [6.07, 6.45) is 5.69. The zero-order chi connectivity index (χ0) is 12.4. The van der Waals surface area contributed by atoms with Crippen LogP contribution in [-0.2, 0) is 13.5 Å². The Bertz CT molecular complexity index is 495. The van der Waals surface area contributed by atoms with E-state index in [1.807, 2.05) is 38.0 Å². The molecule has 0 radical (unpaired) electrons. The van der Waals surface area contributed by atoms with Gasteiger partial charge in [0.05, 0.1) is 17.6 Å². The quantitative estimate of drug-likeness (QED) is 0.838. The third-order valence-electron chi connectivity index (χ3n) is 2.77. The zero-order valence-electron chi connectivity index (χ0n) is 10.6. The molecule has 5 heteroatoms. The SMILES string of the molecule is Cc1nn(C)cc1-c1cnc(CCC(C)N)[nH]1. The van der Waals surface area contributed by atoms with Crippen LogP contribution in [0.15, 0.2) is 12.4 Å². The topological polar surface area (TPSA) is 72.5 Å². The second kappa shape index (κ2) is 4.71. The number of nitrogens with one attached hydrogen (secondary N) is 1. The van der Waals surface area contributed by atoms with E-state index >= 15 is 0 Å². The van der Waals surface area contributed by atoms with Gasteiger partial charge in [0.25, 0.3) is 0 Å². The summed E-state index contributed by atoms with van der Waals surface area (Å²) in [4.78, 5) is 7.69. The van der Waals surface area contributed by atoms with Gasteiger partial charge in [-0.25, -0.2) is 4.98 Å². The molecule has 2 heterocycles. The van der Waals surface area contributed by atoms with Gasteiger partial charge in [0.2, 0.25) is 0 Å². The van der Waals surface area contributed by atoms with Crippen LogP contribution in [0.3, 0.4) is 0 Å². The van der Waals surface area contributed by atoms with E-state index < -0.39 is 0 Å². The fraction of sp³-hybridized carbons (Fsp3) is 0.500. The van der Waals surface area contributed by atoms with Gasteiger partial charge < -0.3 is 10.7 Å². The summed E-state index contributed by atoms with van der Waals surface area (Å²) in [7, 11) is 1.92. The molecule has 0 spiro atoms. The predicted octanol–water partition coefficient (Wildman–Crippen LogP) is 1.40. The number of H-pyrrole nitrogens is 1. The molecule has 0 saturated carbocycles. The highest BCUT2D eigenvalue weighted by atomic mass is 15.2. The van der Waals surface area contributed by atoms with E-state index in [1.165, 1.54) is 0 Å². The fourth-order valence-electron chi connectivity index (χ4n) is 1.85. The monoisotopic (exact) mass is 233 g/mol. The van der Waals surface area contributed by atoms with Crippen molar-refractivity contribution in [3.63, 3.8) is 0 Å². The van der Waals surface area contributed by atoms with Crippen LogP contribution in [0.25, 0.3) is 11.3 Å². The molecule has 2 aromatic rings. The van der Waals surface area contributed by atoms with E-state index in [9.17, 15) is 0 Å². The highest BCUT2D eigenvalue weighted by Gasteiger charge is 2.09. The molecule has 92 valence electrons. The van der Waals surface area contributed by atoms with Crippen LogP contribution >= 0.6 is 0 Å². The molecule has 2 aromatic heterocycles. The Balaban J connectivity index is 2.15. The molecule has 0 aliphatic heterocycles. The Morgan fingerprint density at radius 2 is 2.29 bits per heavy atom. The van der Waals surface area contributed by atoms with E-state index in [4.69, 9.17) is 5.73 Å². The number of imidazole rings is 1. The van der Waals surface area contributed by atoms with Crippen LogP contribution in [0.1, 0.15) is 24.9 Å². The van der Waals surface area contributed by atoms with Gasteiger partial charge in [0.15, 0.2) is 0 Å². The summed E-state index contributed by atoms with van der Waals surface area (Å²) < 4.78 is 1.81. The molecule has 3 N–H and O–H groups in total. The molecule has 1 atom stereocenters. The van der Waals surface area contributed by atoms with E-state index in [0.29, 0.717) is 0 Å². The minimum absolute atomic E-state index is 0.212. The number of nitrogens with two attached hydrogens (primary N) is 1. The average Bonchev–Trinajstić information content (AvgIpc) is 2.82. The lowest BCUT2D eigenvalue weighted by Gasteiger charge is -2.01. The Morgan fingerprint density at radius 1 is 1.53 bits per heavy atom. The van der Waals surface area contributed by atoms with Gasteiger partial charge in [0.1, 0.15) is 5.82 Å². The van der Waals surface area contributed by atoms with Gasteiger partial charge in [-0.1, -0.05) is 0 Å². The first-order valence-electron chi connectivity index (χ1n) is 5.86. The van der Waals surface area contributed by atoms with Gasteiger partial charge in [-0.15, -0.1) is 0 Å². The lowest BCUT2D eigenvalue weighted by Crippen LogP contribution is -2.15. The smallest absolute Gasteiger partial charge is 0.106 e. The summed E-state index contributed by atoms with van der Waals surface area (Å²) in [6.45, 7) is 4.01. The average molecular weight is 233 g/mol. The third-order valence-corrected chi connectivity index (χ3v) is 2.77. The Kier molecular flexibility index (Phi) is 3.28. The van der Waals surface area contributed by atoms with Crippen LogP contribution in [-0.4, -0.2) is 25.8 Å². The molecule has 17 heavy (non-hydrogen) atoms. The van der Waals surface area contributed by atoms with E-state index in [1.54, 1.807) is 0 Å². The van der Waals surface area contributed by atoms with Gasteiger partial charge >= 0.3 is 0 Å². The molecule has 1 unspecified atom stereocenters. The van der Waals surface area contributed by atoms with Crippen molar-refractivity contribution in [1.82, 2.24) is 19.7 Å². The van der Waals surface area contributed by atoms with Crippen LogP contribution in [0.5, 0.6) is 0 Å².